The summed E-state index contributed by atoms with van der Waals surface area (Å²) in [6.45, 7) is 8.36. The van der Waals surface area contributed by atoms with Gasteiger partial charge in [0.1, 0.15) is 11.4 Å². The number of amides is 2. The quantitative estimate of drug-likeness (QED) is 0.628. The number of nitrogens with zero attached hydrogens (tertiary/aromatic N) is 4. The van der Waals surface area contributed by atoms with Crippen molar-refractivity contribution in [2.75, 3.05) is 19.6 Å². The number of ether oxygens (including phenoxy) is 1. The van der Waals surface area contributed by atoms with Gasteiger partial charge in [-0.05, 0) is 66.2 Å². The van der Waals surface area contributed by atoms with Gasteiger partial charge in [0.05, 0.1) is 0 Å². The van der Waals surface area contributed by atoms with Crippen LogP contribution in [0.25, 0.3) is 0 Å². The number of hydrogen-bond donors (Lipinski definition) is 1. The van der Waals surface area contributed by atoms with Crippen molar-refractivity contribution in [1.29, 1.82) is 0 Å². The molecule has 11 nitrogen and oxygen atoms in total. The largest absolute Gasteiger partial charge is 0.444 e. The van der Waals surface area contributed by atoms with Gasteiger partial charge in [0.15, 0.2) is 5.69 Å². The highest BCUT2D eigenvalue weighted by Crippen LogP contribution is 2.40. The van der Waals surface area contributed by atoms with Crippen LogP contribution in [0.2, 0.25) is 0 Å². The molecule has 4 heterocycles. The number of fused-ring (bicyclic) bond motifs is 2. The van der Waals surface area contributed by atoms with E-state index in [1.807, 2.05) is 27.7 Å². The third kappa shape index (κ3) is 5.12. The minimum absolute atomic E-state index is 0.138. The molecule has 4 fully saturated rings. The molecule has 12 heteroatoms. The molecule has 5 rings (SSSR count). The van der Waals surface area contributed by atoms with Crippen molar-refractivity contribution in [2.24, 2.45) is 0 Å². The Morgan fingerprint density at radius 1 is 1.11 bits per heavy atom. The fourth-order valence-corrected chi connectivity index (χ4v) is 7.89. The summed E-state index contributed by atoms with van der Waals surface area (Å²) in [6, 6.07) is 0.804. The summed E-state index contributed by atoms with van der Waals surface area (Å²) in [7, 11) is -3.71. The number of piperidine rings is 1. The molecule has 1 aromatic rings. The summed E-state index contributed by atoms with van der Waals surface area (Å²) >= 11 is 0. The molecule has 2 unspecified atom stereocenters. The van der Waals surface area contributed by atoms with E-state index in [0.29, 0.717) is 38.4 Å². The molecule has 1 N–H and O–H groups in total. The number of aromatic nitrogens is 1. The molecule has 1 aliphatic carbocycles. The Morgan fingerprint density at radius 2 is 1.78 bits per heavy atom. The second kappa shape index (κ2) is 9.29. The van der Waals surface area contributed by atoms with E-state index in [1.54, 1.807) is 19.6 Å². The summed E-state index contributed by atoms with van der Waals surface area (Å²) in [4.78, 5) is 26.9. The van der Waals surface area contributed by atoms with E-state index in [4.69, 9.17) is 9.26 Å². The van der Waals surface area contributed by atoms with Crippen molar-refractivity contribution in [3.8, 4) is 0 Å². The molecule has 3 aliphatic heterocycles. The second-order valence-electron chi connectivity index (χ2n) is 11.7. The number of carbonyl (C=O) groups is 2. The maximum absolute atomic E-state index is 13.7. The maximum atomic E-state index is 13.7. The third-order valence-electron chi connectivity index (χ3n) is 7.52. The Balaban J connectivity index is 1.19. The SMILES string of the molecule is C[C@H]1C[C@@H](NC(=O)c2cc(C3CC3)on2)CCN1S(=O)(=O)N1C2CCC1CN(C(=O)OC(C)(C)C)C2. The fraction of sp³-hybridized carbons (Fsp3) is 0.792. The minimum atomic E-state index is -3.71. The molecule has 2 amide bonds. The van der Waals surface area contributed by atoms with Crippen molar-refractivity contribution in [3.63, 3.8) is 0 Å². The van der Waals surface area contributed by atoms with E-state index in [1.165, 1.54) is 0 Å². The summed E-state index contributed by atoms with van der Waals surface area (Å²) in [5, 5.41) is 6.90. The first-order valence-electron chi connectivity index (χ1n) is 13.0. The Bertz CT molecular complexity index is 1100. The Morgan fingerprint density at radius 3 is 2.36 bits per heavy atom. The van der Waals surface area contributed by atoms with Crippen LogP contribution < -0.4 is 5.32 Å². The zero-order chi connectivity index (χ0) is 25.8. The third-order valence-corrected chi connectivity index (χ3v) is 9.79. The van der Waals surface area contributed by atoms with Crippen LogP contribution in [0, 0.1) is 0 Å². The van der Waals surface area contributed by atoms with Crippen molar-refractivity contribution < 1.29 is 27.3 Å². The molecular formula is C24H37N5O6S. The lowest BCUT2D eigenvalue weighted by Crippen LogP contribution is -2.62. The van der Waals surface area contributed by atoms with Crippen LogP contribution in [0.3, 0.4) is 0 Å². The molecule has 200 valence electrons. The number of rotatable bonds is 5. The van der Waals surface area contributed by atoms with E-state index in [0.717, 1.165) is 31.4 Å². The van der Waals surface area contributed by atoms with Crippen LogP contribution >= 0.6 is 0 Å². The normalized spacial score (nSPS) is 29.8. The molecule has 2 bridgehead atoms. The van der Waals surface area contributed by atoms with Gasteiger partial charge in [0.2, 0.25) is 0 Å². The van der Waals surface area contributed by atoms with Crippen LogP contribution in [0.4, 0.5) is 4.79 Å². The lowest BCUT2D eigenvalue weighted by molar-refractivity contribution is 0.0111. The average molecular weight is 524 g/mol. The molecular weight excluding hydrogens is 486 g/mol. The van der Waals surface area contributed by atoms with E-state index < -0.39 is 21.9 Å². The highest BCUT2D eigenvalue weighted by molar-refractivity contribution is 7.86. The topological polar surface area (TPSA) is 125 Å². The average Bonchev–Trinajstić information content (AvgIpc) is 3.44. The molecule has 0 spiro atoms. The Labute approximate surface area is 212 Å². The van der Waals surface area contributed by atoms with Crippen molar-refractivity contribution in [3.05, 3.63) is 17.5 Å². The summed E-state index contributed by atoms with van der Waals surface area (Å²) in [6.07, 6.45) is 4.24. The van der Waals surface area contributed by atoms with Crippen LogP contribution in [0.1, 0.15) is 88.4 Å². The zero-order valence-electron chi connectivity index (χ0n) is 21.5. The monoisotopic (exact) mass is 523 g/mol. The predicted molar refractivity (Wildman–Crippen MR) is 131 cm³/mol. The molecule has 4 atom stereocenters. The van der Waals surface area contributed by atoms with Crippen molar-refractivity contribution in [2.45, 2.75) is 102 Å². The summed E-state index contributed by atoms with van der Waals surface area (Å²) in [5.41, 5.74) is -0.319. The Kier molecular flexibility index (Phi) is 6.57. The van der Waals surface area contributed by atoms with Gasteiger partial charge in [-0.3, -0.25) is 4.79 Å². The van der Waals surface area contributed by atoms with Crippen molar-refractivity contribution >= 4 is 22.2 Å². The number of carbonyl (C=O) groups excluding carboxylic acids is 2. The molecule has 0 aromatic carbocycles. The van der Waals surface area contributed by atoms with E-state index in [2.05, 4.69) is 10.5 Å². The first-order valence-corrected chi connectivity index (χ1v) is 14.4. The molecule has 1 aromatic heterocycles. The van der Waals surface area contributed by atoms with Gasteiger partial charge < -0.3 is 19.5 Å². The van der Waals surface area contributed by atoms with Gasteiger partial charge in [-0.15, -0.1) is 0 Å². The lowest BCUT2D eigenvalue weighted by atomic mass is 10.0. The number of piperazine rings is 1. The lowest BCUT2D eigenvalue weighted by Gasteiger charge is -2.45. The zero-order valence-corrected chi connectivity index (χ0v) is 22.3. The van der Waals surface area contributed by atoms with Gasteiger partial charge >= 0.3 is 6.09 Å². The van der Waals surface area contributed by atoms with Crippen LogP contribution in [-0.2, 0) is 14.9 Å². The van der Waals surface area contributed by atoms with Gasteiger partial charge in [0.25, 0.3) is 16.1 Å². The minimum Gasteiger partial charge on any atom is -0.444 e. The van der Waals surface area contributed by atoms with Gasteiger partial charge in [-0.25, -0.2) is 4.79 Å². The van der Waals surface area contributed by atoms with E-state index in [9.17, 15) is 18.0 Å². The predicted octanol–water partition coefficient (Wildman–Crippen LogP) is 2.46. The molecule has 4 aliphatic rings. The smallest absolute Gasteiger partial charge is 0.410 e. The van der Waals surface area contributed by atoms with Crippen molar-refractivity contribution in [1.82, 2.24) is 24.0 Å². The van der Waals surface area contributed by atoms with Gasteiger partial charge in [-0.2, -0.15) is 17.0 Å². The fourth-order valence-electron chi connectivity index (χ4n) is 5.68. The Hall–Kier alpha value is -2.18. The van der Waals surface area contributed by atoms with Crippen LogP contribution in [0.5, 0.6) is 0 Å². The number of likely N-dealkylation sites (tertiary alicyclic amines) is 1. The highest BCUT2D eigenvalue weighted by Gasteiger charge is 2.51. The van der Waals surface area contributed by atoms with E-state index >= 15 is 0 Å². The number of nitrogens with one attached hydrogen (secondary N) is 1. The maximum Gasteiger partial charge on any atom is 0.410 e. The first kappa shape index (κ1) is 25.5. The van der Waals surface area contributed by atoms with Crippen LogP contribution in [0.15, 0.2) is 10.6 Å². The van der Waals surface area contributed by atoms with Crippen LogP contribution in [-0.4, -0.2) is 88.5 Å². The summed E-state index contributed by atoms with van der Waals surface area (Å²) < 4.78 is 41.5. The molecule has 36 heavy (non-hydrogen) atoms. The first-order chi connectivity index (χ1) is 16.9. The molecule has 0 radical (unpaired) electrons. The second-order valence-corrected chi connectivity index (χ2v) is 13.4. The standard InChI is InChI=1S/C24H37N5O6S/c1-15-11-17(25-22(30)20-12-21(35-26-20)16-5-6-16)9-10-28(15)36(32,33)29-18-7-8-19(29)14-27(13-18)23(31)34-24(2,3)4/h12,15-19H,5-11,13-14H2,1-4H3,(H,25,30)/t15-,17-,18?,19?/m0/s1. The van der Waals surface area contributed by atoms with Gasteiger partial charge in [-0.1, -0.05) is 5.16 Å². The van der Waals surface area contributed by atoms with Gasteiger partial charge in [0, 0.05) is 55.8 Å². The molecule has 1 saturated carbocycles. The molecule has 3 saturated heterocycles. The highest BCUT2D eigenvalue weighted by atomic mass is 32.2. The summed E-state index contributed by atoms with van der Waals surface area (Å²) in [5.74, 6) is 0.861. The van der Waals surface area contributed by atoms with E-state index in [-0.39, 0.29) is 35.8 Å². The number of hydrogen-bond acceptors (Lipinski definition) is 7.